The summed E-state index contributed by atoms with van der Waals surface area (Å²) >= 11 is 1.76. The van der Waals surface area contributed by atoms with E-state index in [2.05, 4.69) is 34.3 Å². The first-order valence-corrected chi connectivity index (χ1v) is 6.45. The second-order valence-corrected chi connectivity index (χ2v) is 5.32. The van der Waals surface area contributed by atoms with E-state index >= 15 is 0 Å². The molecule has 2 heterocycles. The van der Waals surface area contributed by atoms with Crippen LogP contribution in [0.4, 0.5) is 0 Å². The fraction of sp³-hybridized carbons (Fsp3) is 0.545. The van der Waals surface area contributed by atoms with E-state index in [0.29, 0.717) is 0 Å². The molecular weight excluding hydrogens is 234 g/mol. The molecule has 0 saturated heterocycles. The minimum Gasteiger partial charge on any atom is -0.321 e. The average molecular weight is 251 g/mol. The minimum absolute atomic E-state index is 0.831. The van der Waals surface area contributed by atoms with Crippen LogP contribution in [0.15, 0.2) is 6.33 Å². The molecule has 0 radical (unpaired) electrons. The molecule has 2 aromatic heterocycles. The van der Waals surface area contributed by atoms with E-state index in [0.717, 1.165) is 36.0 Å². The standard InChI is InChI=1S/C11H17N5S/c1-8-9(2)17-11(14-8)6-12-5-4-10-15-13-7-16(10)3/h7,12H,4-6H2,1-3H3. The van der Waals surface area contributed by atoms with Crippen LogP contribution in [-0.2, 0) is 20.0 Å². The lowest BCUT2D eigenvalue weighted by atomic mass is 10.4. The van der Waals surface area contributed by atoms with E-state index < -0.39 is 0 Å². The Hall–Kier alpha value is -1.27. The SMILES string of the molecule is Cc1nc(CNCCc2nncn2C)sc1C. The van der Waals surface area contributed by atoms with E-state index in [-0.39, 0.29) is 0 Å². The van der Waals surface area contributed by atoms with Crippen molar-refractivity contribution in [3.05, 3.63) is 27.7 Å². The van der Waals surface area contributed by atoms with Crippen LogP contribution in [0, 0.1) is 13.8 Å². The van der Waals surface area contributed by atoms with Crippen LogP contribution in [0.3, 0.4) is 0 Å². The van der Waals surface area contributed by atoms with E-state index in [4.69, 9.17) is 0 Å². The van der Waals surface area contributed by atoms with Gasteiger partial charge in [-0.1, -0.05) is 0 Å². The molecule has 0 aliphatic carbocycles. The Balaban J connectivity index is 1.75. The zero-order valence-electron chi connectivity index (χ0n) is 10.4. The first kappa shape index (κ1) is 12.2. The zero-order valence-corrected chi connectivity index (χ0v) is 11.2. The van der Waals surface area contributed by atoms with E-state index in [1.54, 1.807) is 17.7 Å². The lowest BCUT2D eigenvalue weighted by Crippen LogP contribution is -2.18. The molecule has 17 heavy (non-hydrogen) atoms. The highest BCUT2D eigenvalue weighted by Crippen LogP contribution is 2.15. The van der Waals surface area contributed by atoms with Gasteiger partial charge < -0.3 is 9.88 Å². The first-order chi connectivity index (χ1) is 8.16. The Kier molecular flexibility index (Phi) is 3.86. The number of rotatable bonds is 5. The maximum Gasteiger partial charge on any atom is 0.133 e. The summed E-state index contributed by atoms with van der Waals surface area (Å²) in [5, 5.41) is 12.4. The summed E-state index contributed by atoms with van der Waals surface area (Å²) in [7, 11) is 1.96. The van der Waals surface area contributed by atoms with E-state index in [9.17, 15) is 0 Å². The summed E-state index contributed by atoms with van der Waals surface area (Å²) in [6, 6.07) is 0. The van der Waals surface area contributed by atoms with Gasteiger partial charge in [-0.05, 0) is 13.8 Å². The quantitative estimate of drug-likeness (QED) is 0.812. The number of nitrogens with zero attached hydrogens (tertiary/aromatic N) is 4. The van der Waals surface area contributed by atoms with Gasteiger partial charge in [-0.25, -0.2) is 4.98 Å². The third-order valence-corrected chi connectivity index (χ3v) is 3.75. The van der Waals surface area contributed by atoms with Crippen molar-refractivity contribution in [3.8, 4) is 0 Å². The topological polar surface area (TPSA) is 55.6 Å². The van der Waals surface area contributed by atoms with Gasteiger partial charge >= 0.3 is 0 Å². The van der Waals surface area contributed by atoms with Crippen LogP contribution in [0.1, 0.15) is 21.4 Å². The van der Waals surface area contributed by atoms with Gasteiger partial charge in [0.15, 0.2) is 0 Å². The van der Waals surface area contributed by atoms with Crippen molar-refractivity contribution < 1.29 is 0 Å². The van der Waals surface area contributed by atoms with Crippen LogP contribution in [0.2, 0.25) is 0 Å². The summed E-state index contributed by atoms with van der Waals surface area (Å²) in [6.07, 6.45) is 2.61. The Morgan fingerprint density at radius 2 is 2.24 bits per heavy atom. The Morgan fingerprint density at radius 1 is 1.41 bits per heavy atom. The van der Waals surface area contributed by atoms with Crippen molar-refractivity contribution in [2.45, 2.75) is 26.8 Å². The number of nitrogens with one attached hydrogen (secondary N) is 1. The third kappa shape index (κ3) is 3.10. The van der Waals surface area contributed by atoms with Gasteiger partial charge in [0, 0.05) is 31.4 Å². The summed E-state index contributed by atoms with van der Waals surface area (Å²) in [5.74, 6) is 1.00. The summed E-state index contributed by atoms with van der Waals surface area (Å²) < 4.78 is 1.94. The molecular formula is C11H17N5S. The molecule has 0 aliphatic rings. The Bertz CT molecular complexity index is 468. The van der Waals surface area contributed by atoms with Crippen molar-refractivity contribution in [1.29, 1.82) is 0 Å². The van der Waals surface area contributed by atoms with E-state index in [1.165, 1.54) is 4.88 Å². The van der Waals surface area contributed by atoms with Crippen LogP contribution in [0.5, 0.6) is 0 Å². The fourth-order valence-corrected chi connectivity index (χ4v) is 2.45. The van der Waals surface area contributed by atoms with Gasteiger partial charge in [0.2, 0.25) is 0 Å². The van der Waals surface area contributed by atoms with Gasteiger partial charge in [-0.15, -0.1) is 21.5 Å². The summed E-state index contributed by atoms with van der Waals surface area (Å²) in [4.78, 5) is 5.79. The normalized spacial score (nSPS) is 11.0. The largest absolute Gasteiger partial charge is 0.321 e. The van der Waals surface area contributed by atoms with Crippen molar-refractivity contribution in [2.24, 2.45) is 7.05 Å². The molecule has 0 atom stereocenters. The van der Waals surface area contributed by atoms with Gasteiger partial charge in [-0.3, -0.25) is 0 Å². The molecule has 5 nitrogen and oxygen atoms in total. The lowest BCUT2D eigenvalue weighted by Gasteiger charge is -2.01. The molecule has 6 heteroatoms. The van der Waals surface area contributed by atoms with Gasteiger partial charge in [-0.2, -0.15) is 0 Å². The van der Waals surface area contributed by atoms with Gasteiger partial charge in [0.25, 0.3) is 0 Å². The number of thiazole rings is 1. The smallest absolute Gasteiger partial charge is 0.133 e. The minimum atomic E-state index is 0.831. The fourth-order valence-electron chi connectivity index (χ4n) is 1.54. The summed E-state index contributed by atoms with van der Waals surface area (Å²) in [5.41, 5.74) is 1.14. The molecule has 2 rings (SSSR count). The predicted molar refractivity (Wildman–Crippen MR) is 68.0 cm³/mol. The number of aromatic nitrogens is 4. The Morgan fingerprint density at radius 3 is 2.82 bits per heavy atom. The second kappa shape index (κ2) is 5.37. The highest BCUT2D eigenvalue weighted by atomic mass is 32.1. The highest BCUT2D eigenvalue weighted by Gasteiger charge is 2.03. The van der Waals surface area contributed by atoms with Gasteiger partial charge in [0.05, 0.1) is 5.69 Å². The lowest BCUT2D eigenvalue weighted by molar-refractivity contribution is 0.651. The first-order valence-electron chi connectivity index (χ1n) is 5.63. The summed E-state index contributed by atoms with van der Waals surface area (Å²) in [6.45, 7) is 5.88. The van der Waals surface area contributed by atoms with Crippen molar-refractivity contribution >= 4 is 11.3 Å². The molecule has 0 aromatic carbocycles. The van der Waals surface area contributed by atoms with E-state index in [1.807, 2.05) is 11.6 Å². The molecule has 0 spiro atoms. The molecule has 0 amide bonds. The Labute approximate surface area is 105 Å². The molecule has 0 fully saturated rings. The predicted octanol–water partition coefficient (Wildman–Crippen LogP) is 1.22. The van der Waals surface area contributed by atoms with Crippen molar-refractivity contribution in [1.82, 2.24) is 25.1 Å². The second-order valence-electron chi connectivity index (χ2n) is 4.03. The van der Waals surface area contributed by atoms with Crippen LogP contribution < -0.4 is 5.32 Å². The van der Waals surface area contributed by atoms with Crippen LogP contribution >= 0.6 is 11.3 Å². The number of aryl methyl sites for hydroxylation is 3. The molecule has 2 aromatic rings. The molecule has 0 aliphatic heterocycles. The maximum absolute atomic E-state index is 4.49. The zero-order chi connectivity index (χ0) is 12.3. The van der Waals surface area contributed by atoms with Crippen molar-refractivity contribution in [2.75, 3.05) is 6.54 Å². The molecule has 0 unspecified atom stereocenters. The number of hydrogen-bond acceptors (Lipinski definition) is 5. The molecule has 0 bridgehead atoms. The monoisotopic (exact) mass is 251 g/mol. The maximum atomic E-state index is 4.49. The molecule has 1 N–H and O–H groups in total. The highest BCUT2D eigenvalue weighted by molar-refractivity contribution is 7.11. The third-order valence-electron chi connectivity index (χ3n) is 2.68. The van der Waals surface area contributed by atoms with Crippen LogP contribution in [0.25, 0.3) is 0 Å². The molecule has 0 saturated carbocycles. The van der Waals surface area contributed by atoms with Gasteiger partial charge in [0.1, 0.15) is 17.2 Å². The number of hydrogen-bond donors (Lipinski definition) is 1. The van der Waals surface area contributed by atoms with Crippen LogP contribution in [-0.4, -0.2) is 26.3 Å². The van der Waals surface area contributed by atoms with Crippen molar-refractivity contribution in [3.63, 3.8) is 0 Å². The molecule has 92 valence electrons. The average Bonchev–Trinajstić information content (AvgIpc) is 2.82.